The Kier molecular flexibility index (Phi) is 6.55. The van der Waals surface area contributed by atoms with Crippen LogP contribution in [-0.4, -0.2) is 51.9 Å². The summed E-state index contributed by atoms with van der Waals surface area (Å²) in [6.07, 6.45) is -2.43. The van der Waals surface area contributed by atoms with Crippen LogP contribution in [0.15, 0.2) is 41.3 Å². The number of amides is 1. The normalized spacial score (nSPS) is 14.7. The third-order valence-corrected chi connectivity index (χ3v) is 5.83. The minimum atomic E-state index is -4.50. The number of carbonyl (C=O) groups is 1. The molecule has 33 heavy (non-hydrogen) atoms. The number of anilines is 1. The second-order valence-electron chi connectivity index (χ2n) is 7.78. The van der Waals surface area contributed by atoms with Gasteiger partial charge in [-0.15, -0.1) is 0 Å². The van der Waals surface area contributed by atoms with Crippen molar-refractivity contribution in [2.75, 3.05) is 31.1 Å². The van der Waals surface area contributed by atoms with Crippen molar-refractivity contribution in [2.45, 2.75) is 25.4 Å². The molecule has 1 amide bonds. The summed E-state index contributed by atoms with van der Waals surface area (Å²) < 4.78 is 38.4. The minimum Gasteiger partial charge on any atom is -0.352 e. The van der Waals surface area contributed by atoms with Gasteiger partial charge in [0.25, 0.3) is 5.56 Å². The van der Waals surface area contributed by atoms with Crippen LogP contribution in [-0.2, 0) is 17.4 Å². The number of aromatic nitrogens is 3. The predicted octanol–water partition coefficient (Wildman–Crippen LogP) is 3.66. The highest BCUT2D eigenvalue weighted by atomic mass is 35.5. The standard InChI is InChI=1S/C22H21ClF3N5O2/c23-16-12-14(22(24,25)26)13-27-20(16)31-10-8-30(9-11-31)19(32)7-3-6-18-28-17-5-2-1-4-15(17)21(33)29-18/h1-2,4-5,12-13H,3,6-11H2,(H,28,29,33). The van der Waals surface area contributed by atoms with Gasteiger partial charge < -0.3 is 14.8 Å². The van der Waals surface area contributed by atoms with E-state index in [1.165, 1.54) is 0 Å². The SMILES string of the molecule is O=C(CCCc1nc2ccccc2c(=O)[nH]1)N1CCN(c2ncc(C(F)(F)F)cc2Cl)CC1. The molecule has 0 spiro atoms. The quantitative estimate of drug-likeness (QED) is 0.604. The highest BCUT2D eigenvalue weighted by Gasteiger charge is 2.32. The fourth-order valence-corrected chi connectivity index (χ4v) is 4.09. The van der Waals surface area contributed by atoms with Gasteiger partial charge in [0.15, 0.2) is 0 Å². The van der Waals surface area contributed by atoms with E-state index >= 15 is 0 Å². The molecule has 0 aliphatic carbocycles. The van der Waals surface area contributed by atoms with Crippen LogP contribution < -0.4 is 10.5 Å². The topological polar surface area (TPSA) is 82.2 Å². The summed E-state index contributed by atoms with van der Waals surface area (Å²) in [4.78, 5) is 39.3. The largest absolute Gasteiger partial charge is 0.417 e. The Morgan fingerprint density at radius 3 is 2.58 bits per heavy atom. The summed E-state index contributed by atoms with van der Waals surface area (Å²) in [5.41, 5.74) is -0.477. The van der Waals surface area contributed by atoms with Crippen molar-refractivity contribution in [1.29, 1.82) is 0 Å². The molecule has 1 aliphatic rings. The van der Waals surface area contributed by atoms with Gasteiger partial charge in [0.05, 0.1) is 21.5 Å². The maximum atomic E-state index is 12.8. The molecule has 4 rings (SSSR count). The van der Waals surface area contributed by atoms with E-state index < -0.39 is 11.7 Å². The third-order valence-electron chi connectivity index (χ3n) is 5.55. The highest BCUT2D eigenvalue weighted by Crippen LogP contribution is 2.33. The molecule has 0 radical (unpaired) electrons. The summed E-state index contributed by atoms with van der Waals surface area (Å²) in [5.74, 6) is 0.798. The number of fused-ring (bicyclic) bond motifs is 1. The van der Waals surface area contributed by atoms with Crippen molar-refractivity contribution in [1.82, 2.24) is 19.9 Å². The van der Waals surface area contributed by atoms with Crippen LogP contribution in [0.2, 0.25) is 5.02 Å². The first kappa shape index (κ1) is 23.0. The summed E-state index contributed by atoms with van der Waals surface area (Å²) in [6.45, 7) is 1.68. The highest BCUT2D eigenvalue weighted by molar-refractivity contribution is 6.33. The Hall–Kier alpha value is -3.14. The van der Waals surface area contributed by atoms with Crippen molar-refractivity contribution in [2.24, 2.45) is 0 Å². The molecule has 1 saturated heterocycles. The molecule has 7 nitrogen and oxygen atoms in total. The minimum absolute atomic E-state index is 0.0238. The number of hydrogen-bond donors (Lipinski definition) is 1. The van der Waals surface area contributed by atoms with Crippen LogP contribution >= 0.6 is 11.6 Å². The zero-order valence-electron chi connectivity index (χ0n) is 17.5. The number of alkyl halides is 3. The van der Waals surface area contributed by atoms with E-state index in [9.17, 15) is 22.8 Å². The lowest BCUT2D eigenvalue weighted by atomic mass is 10.2. The lowest BCUT2D eigenvalue weighted by Crippen LogP contribution is -2.49. The number of H-pyrrole nitrogens is 1. The van der Waals surface area contributed by atoms with Crippen molar-refractivity contribution < 1.29 is 18.0 Å². The molecule has 0 atom stereocenters. The van der Waals surface area contributed by atoms with Gasteiger partial charge in [-0.1, -0.05) is 23.7 Å². The van der Waals surface area contributed by atoms with E-state index in [1.807, 2.05) is 6.07 Å². The van der Waals surface area contributed by atoms with Crippen LogP contribution in [0.3, 0.4) is 0 Å². The molecule has 174 valence electrons. The Labute approximate surface area is 192 Å². The van der Waals surface area contributed by atoms with Crippen LogP contribution in [0.5, 0.6) is 0 Å². The fraction of sp³-hybridized carbons (Fsp3) is 0.364. The van der Waals surface area contributed by atoms with Gasteiger partial charge in [0, 0.05) is 45.2 Å². The van der Waals surface area contributed by atoms with Gasteiger partial charge in [0.2, 0.25) is 5.91 Å². The van der Waals surface area contributed by atoms with Crippen LogP contribution in [0.4, 0.5) is 19.0 Å². The van der Waals surface area contributed by atoms with E-state index in [-0.39, 0.29) is 22.3 Å². The number of aryl methyl sites for hydroxylation is 1. The monoisotopic (exact) mass is 479 g/mol. The first-order chi connectivity index (χ1) is 15.7. The Morgan fingerprint density at radius 2 is 1.88 bits per heavy atom. The number of para-hydroxylation sites is 1. The second kappa shape index (κ2) is 9.38. The Balaban J connectivity index is 1.29. The number of piperazine rings is 1. The summed E-state index contributed by atoms with van der Waals surface area (Å²) in [6, 6.07) is 7.94. The maximum Gasteiger partial charge on any atom is 0.417 e. The number of benzene rings is 1. The molecule has 11 heteroatoms. The number of nitrogens with one attached hydrogen (secondary N) is 1. The van der Waals surface area contributed by atoms with Gasteiger partial charge in [0.1, 0.15) is 11.6 Å². The average Bonchev–Trinajstić information content (AvgIpc) is 2.78. The number of hydrogen-bond acceptors (Lipinski definition) is 5. The maximum absolute atomic E-state index is 12.8. The number of pyridine rings is 1. The molecule has 3 aromatic rings. The van der Waals surface area contributed by atoms with Crippen molar-refractivity contribution >= 4 is 34.2 Å². The molecule has 1 fully saturated rings. The molecule has 2 aromatic heterocycles. The van der Waals surface area contributed by atoms with Crippen molar-refractivity contribution in [3.63, 3.8) is 0 Å². The molecule has 1 aliphatic heterocycles. The van der Waals surface area contributed by atoms with Gasteiger partial charge in [-0.25, -0.2) is 9.97 Å². The van der Waals surface area contributed by atoms with Crippen LogP contribution in [0.1, 0.15) is 24.2 Å². The van der Waals surface area contributed by atoms with Crippen LogP contribution in [0, 0.1) is 0 Å². The van der Waals surface area contributed by atoms with E-state index in [0.29, 0.717) is 62.2 Å². The number of aromatic amines is 1. The van der Waals surface area contributed by atoms with Gasteiger partial charge >= 0.3 is 6.18 Å². The molecule has 0 bridgehead atoms. The van der Waals surface area contributed by atoms with Crippen LogP contribution in [0.25, 0.3) is 10.9 Å². The fourth-order valence-electron chi connectivity index (χ4n) is 3.80. The van der Waals surface area contributed by atoms with Gasteiger partial charge in [-0.2, -0.15) is 13.2 Å². The first-order valence-electron chi connectivity index (χ1n) is 10.5. The molecular weight excluding hydrogens is 459 g/mol. The van der Waals surface area contributed by atoms with Crippen molar-refractivity contribution in [3.05, 3.63) is 63.3 Å². The number of halogens is 4. The Morgan fingerprint density at radius 1 is 1.15 bits per heavy atom. The average molecular weight is 480 g/mol. The van der Waals surface area contributed by atoms with Gasteiger partial charge in [-0.3, -0.25) is 9.59 Å². The second-order valence-corrected chi connectivity index (χ2v) is 8.19. The molecule has 0 unspecified atom stereocenters. The summed E-state index contributed by atoms with van der Waals surface area (Å²) in [5, 5.41) is 0.458. The van der Waals surface area contributed by atoms with E-state index in [2.05, 4.69) is 15.0 Å². The number of rotatable bonds is 5. The molecule has 1 aromatic carbocycles. The van der Waals surface area contributed by atoms with Gasteiger partial charge in [-0.05, 0) is 24.6 Å². The predicted molar refractivity (Wildman–Crippen MR) is 118 cm³/mol. The number of nitrogens with zero attached hydrogens (tertiary/aromatic N) is 4. The zero-order valence-corrected chi connectivity index (χ0v) is 18.3. The van der Waals surface area contributed by atoms with Crippen molar-refractivity contribution in [3.8, 4) is 0 Å². The summed E-state index contributed by atoms with van der Waals surface area (Å²) >= 11 is 6.03. The molecular formula is C22H21ClF3N5O2. The van der Waals surface area contributed by atoms with E-state index in [1.54, 1.807) is 28.0 Å². The third kappa shape index (κ3) is 5.27. The first-order valence-corrected chi connectivity index (χ1v) is 10.8. The summed E-state index contributed by atoms with van der Waals surface area (Å²) in [7, 11) is 0. The number of carbonyl (C=O) groups excluding carboxylic acids is 1. The van der Waals surface area contributed by atoms with E-state index in [0.717, 1.165) is 12.3 Å². The lowest BCUT2D eigenvalue weighted by molar-refractivity contribution is -0.137. The smallest absolute Gasteiger partial charge is 0.352 e. The molecule has 1 N–H and O–H groups in total. The Bertz CT molecular complexity index is 1220. The zero-order chi connectivity index (χ0) is 23.6. The molecule has 3 heterocycles. The molecule has 0 saturated carbocycles. The lowest BCUT2D eigenvalue weighted by Gasteiger charge is -2.36. The van der Waals surface area contributed by atoms with E-state index in [4.69, 9.17) is 11.6 Å².